The number of carbonyl (C=O) groups excluding carboxylic acids is 1. The quantitative estimate of drug-likeness (QED) is 0.651. The zero-order valence-corrected chi connectivity index (χ0v) is 6.68. The molecular weight excluding hydrogens is 180 g/mol. The molecule has 0 aliphatic rings. The van der Waals surface area contributed by atoms with Crippen molar-refractivity contribution in [3.05, 3.63) is 18.0 Å². The summed E-state index contributed by atoms with van der Waals surface area (Å²) < 4.78 is 23.3. The lowest BCUT2D eigenvalue weighted by atomic mass is 10.4. The molecule has 1 rings (SSSR count). The molecule has 0 spiro atoms. The second-order valence-electron chi connectivity index (χ2n) is 2.45. The predicted octanol–water partition coefficient (Wildman–Crippen LogP) is 0.592. The number of anilines is 1. The first kappa shape index (κ1) is 9.50. The maximum atomic E-state index is 11.7. The normalized spacial score (nSPS) is 10.4. The number of aromatic nitrogens is 1. The van der Waals surface area contributed by atoms with E-state index in [-0.39, 0.29) is 5.69 Å². The Morgan fingerprint density at radius 2 is 2.38 bits per heavy atom. The van der Waals surface area contributed by atoms with Gasteiger partial charge in [-0.15, -0.1) is 0 Å². The summed E-state index contributed by atoms with van der Waals surface area (Å²) >= 11 is 0. The van der Waals surface area contributed by atoms with E-state index >= 15 is 0 Å². The highest BCUT2D eigenvalue weighted by molar-refractivity contribution is 5.93. The Labute approximate surface area is 73.1 Å². The summed E-state index contributed by atoms with van der Waals surface area (Å²) in [7, 11) is 0. The second kappa shape index (κ2) is 3.88. The molecule has 0 aromatic carbocycles. The van der Waals surface area contributed by atoms with Crippen molar-refractivity contribution in [1.82, 2.24) is 10.3 Å². The van der Waals surface area contributed by atoms with Gasteiger partial charge >= 0.3 is 0 Å². The van der Waals surface area contributed by atoms with E-state index in [0.29, 0.717) is 5.69 Å². The van der Waals surface area contributed by atoms with Gasteiger partial charge in [-0.25, -0.2) is 8.78 Å². The fourth-order valence-electron chi connectivity index (χ4n) is 0.807. The smallest absolute Gasteiger partial charge is 0.267 e. The number of carbonyl (C=O) groups is 1. The molecule has 0 saturated heterocycles. The SMILES string of the molecule is Nc1c[nH]c(C(=O)NCC(F)F)c1. The van der Waals surface area contributed by atoms with Gasteiger partial charge < -0.3 is 16.0 Å². The number of H-pyrrole nitrogens is 1. The van der Waals surface area contributed by atoms with Crippen LogP contribution in [0.15, 0.2) is 12.3 Å². The molecule has 0 fully saturated rings. The molecule has 1 heterocycles. The molecule has 0 aliphatic carbocycles. The number of nitrogens with one attached hydrogen (secondary N) is 2. The van der Waals surface area contributed by atoms with E-state index in [1.807, 2.05) is 5.32 Å². The van der Waals surface area contributed by atoms with E-state index < -0.39 is 18.9 Å². The number of hydrogen-bond acceptors (Lipinski definition) is 2. The summed E-state index contributed by atoms with van der Waals surface area (Å²) in [6.45, 7) is -0.655. The van der Waals surface area contributed by atoms with Crippen molar-refractivity contribution < 1.29 is 13.6 Å². The van der Waals surface area contributed by atoms with Crippen molar-refractivity contribution in [2.45, 2.75) is 6.43 Å². The minimum atomic E-state index is -2.55. The lowest BCUT2D eigenvalue weighted by Crippen LogP contribution is -2.28. The Bertz CT molecular complexity index is 298. The van der Waals surface area contributed by atoms with Crippen LogP contribution in [-0.4, -0.2) is 23.9 Å². The summed E-state index contributed by atoms with van der Waals surface area (Å²) in [6, 6.07) is 1.38. The number of halogens is 2. The zero-order chi connectivity index (χ0) is 9.84. The molecule has 4 N–H and O–H groups in total. The van der Waals surface area contributed by atoms with E-state index in [2.05, 4.69) is 4.98 Å². The second-order valence-corrected chi connectivity index (χ2v) is 2.45. The highest BCUT2D eigenvalue weighted by Gasteiger charge is 2.09. The molecule has 0 aliphatic heterocycles. The number of amides is 1. The maximum Gasteiger partial charge on any atom is 0.267 e. The molecule has 0 atom stereocenters. The Morgan fingerprint density at radius 1 is 1.69 bits per heavy atom. The lowest BCUT2D eigenvalue weighted by Gasteiger charge is -2.01. The molecule has 6 heteroatoms. The molecule has 13 heavy (non-hydrogen) atoms. The molecule has 1 aromatic rings. The Hall–Kier alpha value is -1.59. The highest BCUT2D eigenvalue weighted by atomic mass is 19.3. The van der Waals surface area contributed by atoms with Gasteiger partial charge in [0.15, 0.2) is 0 Å². The van der Waals surface area contributed by atoms with Gasteiger partial charge in [0, 0.05) is 11.9 Å². The van der Waals surface area contributed by atoms with E-state index in [4.69, 9.17) is 5.73 Å². The Morgan fingerprint density at radius 3 is 2.85 bits per heavy atom. The summed E-state index contributed by atoms with van der Waals surface area (Å²) in [6.07, 6.45) is -1.13. The first-order chi connectivity index (χ1) is 6.09. The van der Waals surface area contributed by atoms with Crippen LogP contribution < -0.4 is 11.1 Å². The van der Waals surface area contributed by atoms with Crippen molar-refractivity contribution in [3.8, 4) is 0 Å². The van der Waals surface area contributed by atoms with Crippen LogP contribution in [0.5, 0.6) is 0 Å². The third-order valence-electron chi connectivity index (χ3n) is 1.37. The van der Waals surface area contributed by atoms with Crippen molar-refractivity contribution in [2.75, 3.05) is 12.3 Å². The molecule has 4 nitrogen and oxygen atoms in total. The van der Waals surface area contributed by atoms with Crippen LogP contribution in [0.4, 0.5) is 14.5 Å². The van der Waals surface area contributed by atoms with Gasteiger partial charge in [0.1, 0.15) is 5.69 Å². The summed E-state index contributed by atoms with van der Waals surface area (Å²) in [4.78, 5) is 13.6. The number of aromatic amines is 1. The van der Waals surface area contributed by atoms with Gasteiger partial charge in [-0.2, -0.15) is 0 Å². The molecule has 0 unspecified atom stereocenters. The third-order valence-corrected chi connectivity index (χ3v) is 1.37. The van der Waals surface area contributed by atoms with Gasteiger partial charge in [-0.3, -0.25) is 4.79 Å². The van der Waals surface area contributed by atoms with Crippen LogP contribution in [0.3, 0.4) is 0 Å². The molecule has 72 valence electrons. The standard InChI is InChI=1S/C7H9F2N3O/c8-6(9)3-12-7(13)5-1-4(10)2-11-5/h1-2,6,11H,3,10H2,(H,12,13). The van der Waals surface area contributed by atoms with Crippen LogP contribution in [0.2, 0.25) is 0 Å². The van der Waals surface area contributed by atoms with Gasteiger partial charge in [0.2, 0.25) is 0 Å². The van der Waals surface area contributed by atoms with Gasteiger partial charge in [-0.05, 0) is 6.07 Å². The van der Waals surface area contributed by atoms with Gasteiger partial charge in [0.25, 0.3) is 12.3 Å². The molecular formula is C7H9F2N3O. The van der Waals surface area contributed by atoms with E-state index in [0.717, 1.165) is 0 Å². The first-order valence-corrected chi connectivity index (χ1v) is 3.60. The molecule has 1 aromatic heterocycles. The van der Waals surface area contributed by atoms with Crippen LogP contribution in [0, 0.1) is 0 Å². The van der Waals surface area contributed by atoms with Gasteiger partial charge in [-0.1, -0.05) is 0 Å². The average molecular weight is 189 g/mol. The Kier molecular flexibility index (Phi) is 2.84. The molecule has 0 saturated carbocycles. The van der Waals surface area contributed by atoms with Crippen molar-refractivity contribution in [1.29, 1.82) is 0 Å². The number of hydrogen-bond donors (Lipinski definition) is 3. The predicted molar refractivity (Wildman–Crippen MR) is 43.5 cm³/mol. The minimum absolute atomic E-state index is 0.179. The minimum Gasteiger partial charge on any atom is -0.397 e. The summed E-state index contributed by atoms with van der Waals surface area (Å²) in [5.74, 6) is -0.586. The van der Waals surface area contributed by atoms with E-state index in [1.165, 1.54) is 12.3 Å². The van der Waals surface area contributed by atoms with Crippen molar-refractivity contribution in [2.24, 2.45) is 0 Å². The summed E-state index contributed by atoms with van der Waals surface area (Å²) in [5.41, 5.74) is 5.88. The monoisotopic (exact) mass is 189 g/mol. The molecule has 0 radical (unpaired) electrons. The average Bonchev–Trinajstić information content (AvgIpc) is 2.47. The van der Waals surface area contributed by atoms with Crippen molar-refractivity contribution >= 4 is 11.6 Å². The van der Waals surface area contributed by atoms with Gasteiger partial charge in [0.05, 0.1) is 6.54 Å². The Balaban J connectivity index is 2.49. The number of alkyl halides is 2. The fourth-order valence-corrected chi connectivity index (χ4v) is 0.807. The largest absolute Gasteiger partial charge is 0.397 e. The number of nitrogen functional groups attached to an aromatic ring is 1. The topological polar surface area (TPSA) is 70.9 Å². The van der Waals surface area contributed by atoms with Crippen LogP contribution in [0.25, 0.3) is 0 Å². The maximum absolute atomic E-state index is 11.7. The zero-order valence-electron chi connectivity index (χ0n) is 6.68. The van der Waals surface area contributed by atoms with Crippen molar-refractivity contribution in [3.63, 3.8) is 0 Å². The number of rotatable bonds is 3. The summed E-state index contributed by atoms with van der Waals surface area (Å²) in [5, 5.41) is 2.04. The first-order valence-electron chi connectivity index (χ1n) is 3.60. The molecule has 1 amide bonds. The van der Waals surface area contributed by atoms with E-state index in [1.54, 1.807) is 0 Å². The molecule has 0 bridgehead atoms. The van der Waals surface area contributed by atoms with Crippen LogP contribution >= 0.6 is 0 Å². The number of nitrogens with two attached hydrogens (primary N) is 1. The van der Waals surface area contributed by atoms with Crippen LogP contribution in [0.1, 0.15) is 10.5 Å². The fraction of sp³-hybridized carbons (Fsp3) is 0.286. The van der Waals surface area contributed by atoms with Crippen LogP contribution in [-0.2, 0) is 0 Å². The highest BCUT2D eigenvalue weighted by Crippen LogP contribution is 2.03. The third kappa shape index (κ3) is 2.73. The van der Waals surface area contributed by atoms with E-state index in [9.17, 15) is 13.6 Å². The lowest BCUT2D eigenvalue weighted by molar-refractivity contribution is 0.0887.